The van der Waals surface area contributed by atoms with Crippen LogP contribution in [-0.4, -0.2) is 10.3 Å². The van der Waals surface area contributed by atoms with Crippen LogP contribution < -0.4 is 0 Å². The fourth-order valence-corrected chi connectivity index (χ4v) is 1.74. The molecule has 0 bridgehead atoms. The first kappa shape index (κ1) is 9.74. The van der Waals surface area contributed by atoms with Crippen LogP contribution in [0.1, 0.15) is 32.2 Å². The molecule has 0 saturated heterocycles. The molecule has 0 saturated carbocycles. The SMILES string of the molecule is CC(C)(C)c1noc(CO)c1Br. The van der Waals surface area contributed by atoms with Crippen molar-refractivity contribution < 1.29 is 9.63 Å². The summed E-state index contributed by atoms with van der Waals surface area (Å²) in [6.45, 7) is 5.99. The van der Waals surface area contributed by atoms with Crippen LogP contribution in [0.2, 0.25) is 0 Å². The van der Waals surface area contributed by atoms with Gasteiger partial charge in [0, 0.05) is 5.41 Å². The molecule has 0 atom stereocenters. The lowest BCUT2D eigenvalue weighted by Crippen LogP contribution is -2.12. The molecular formula is C8H12BrNO2. The molecule has 0 aliphatic heterocycles. The van der Waals surface area contributed by atoms with Crippen LogP contribution in [-0.2, 0) is 12.0 Å². The Morgan fingerprint density at radius 3 is 2.33 bits per heavy atom. The minimum atomic E-state index is -0.121. The normalized spacial score (nSPS) is 12.1. The zero-order chi connectivity index (χ0) is 9.35. The van der Waals surface area contributed by atoms with E-state index in [0.717, 1.165) is 10.2 Å². The van der Waals surface area contributed by atoms with E-state index in [9.17, 15) is 0 Å². The van der Waals surface area contributed by atoms with Gasteiger partial charge in [-0.05, 0) is 15.9 Å². The second-order valence-corrected chi connectivity index (χ2v) is 4.47. The van der Waals surface area contributed by atoms with Crippen molar-refractivity contribution in [3.8, 4) is 0 Å². The first-order chi connectivity index (χ1) is 5.46. The maximum Gasteiger partial charge on any atom is 0.176 e. The number of halogens is 1. The van der Waals surface area contributed by atoms with Crippen molar-refractivity contribution in [3.05, 3.63) is 15.9 Å². The number of aromatic nitrogens is 1. The van der Waals surface area contributed by atoms with Crippen LogP contribution in [0.15, 0.2) is 9.00 Å². The molecule has 0 aliphatic rings. The standard InChI is InChI=1S/C8H12BrNO2/c1-8(2,3)7-6(9)5(4-11)12-10-7/h11H,4H2,1-3H3. The van der Waals surface area contributed by atoms with Crippen LogP contribution >= 0.6 is 15.9 Å². The maximum atomic E-state index is 8.83. The van der Waals surface area contributed by atoms with Gasteiger partial charge in [0.25, 0.3) is 0 Å². The Bertz CT molecular complexity index is 275. The van der Waals surface area contributed by atoms with Gasteiger partial charge in [0.2, 0.25) is 0 Å². The number of rotatable bonds is 1. The predicted octanol–water partition coefficient (Wildman–Crippen LogP) is 2.23. The summed E-state index contributed by atoms with van der Waals surface area (Å²) in [6, 6.07) is 0. The molecule has 12 heavy (non-hydrogen) atoms. The molecule has 68 valence electrons. The third-order valence-corrected chi connectivity index (χ3v) is 2.37. The van der Waals surface area contributed by atoms with Crippen LogP contribution in [0.3, 0.4) is 0 Å². The number of nitrogens with zero attached hydrogens (tertiary/aromatic N) is 1. The lowest BCUT2D eigenvalue weighted by atomic mass is 9.92. The van der Waals surface area contributed by atoms with Gasteiger partial charge in [-0.1, -0.05) is 25.9 Å². The summed E-state index contributed by atoms with van der Waals surface area (Å²) >= 11 is 3.33. The summed E-state index contributed by atoms with van der Waals surface area (Å²) < 4.78 is 5.70. The average Bonchev–Trinajstić information content (AvgIpc) is 2.29. The van der Waals surface area contributed by atoms with Crippen molar-refractivity contribution in [1.29, 1.82) is 0 Å². The highest BCUT2D eigenvalue weighted by Gasteiger charge is 2.24. The van der Waals surface area contributed by atoms with Gasteiger partial charge >= 0.3 is 0 Å². The molecule has 1 aromatic rings. The summed E-state index contributed by atoms with van der Waals surface area (Å²) in [4.78, 5) is 0. The number of hydrogen-bond donors (Lipinski definition) is 1. The molecule has 0 fully saturated rings. The molecule has 3 nitrogen and oxygen atoms in total. The summed E-state index contributed by atoms with van der Waals surface area (Å²) in [5, 5.41) is 12.7. The Labute approximate surface area is 79.9 Å². The van der Waals surface area contributed by atoms with Gasteiger partial charge in [0.1, 0.15) is 12.3 Å². The lowest BCUT2D eigenvalue weighted by molar-refractivity contribution is 0.226. The van der Waals surface area contributed by atoms with Gasteiger partial charge in [-0.3, -0.25) is 0 Å². The Balaban J connectivity index is 3.11. The summed E-state index contributed by atoms with van der Waals surface area (Å²) in [6.07, 6.45) is 0. The zero-order valence-electron chi connectivity index (χ0n) is 7.39. The Morgan fingerprint density at radius 2 is 2.08 bits per heavy atom. The predicted molar refractivity (Wildman–Crippen MR) is 48.8 cm³/mol. The average molecular weight is 234 g/mol. The Kier molecular flexibility index (Phi) is 2.58. The van der Waals surface area contributed by atoms with Crippen molar-refractivity contribution in [2.75, 3.05) is 0 Å². The minimum absolute atomic E-state index is 0.0598. The molecular weight excluding hydrogens is 222 g/mol. The fourth-order valence-electron chi connectivity index (χ4n) is 0.877. The third kappa shape index (κ3) is 1.69. The monoisotopic (exact) mass is 233 g/mol. The van der Waals surface area contributed by atoms with Gasteiger partial charge < -0.3 is 9.63 Å². The minimum Gasteiger partial charge on any atom is -0.388 e. The highest BCUT2D eigenvalue weighted by Crippen LogP contribution is 2.31. The van der Waals surface area contributed by atoms with E-state index in [0.29, 0.717) is 5.76 Å². The molecule has 1 heterocycles. The zero-order valence-corrected chi connectivity index (χ0v) is 8.97. The molecule has 0 spiro atoms. The van der Waals surface area contributed by atoms with E-state index < -0.39 is 0 Å². The second-order valence-electron chi connectivity index (χ2n) is 3.68. The number of aliphatic hydroxyl groups is 1. The van der Waals surface area contributed by atoms with E-state index >= 15 is 0 Å². The van der Waals surface area contributed by atoms with E-state index in [1.54, 1.807) is 0 Å². The maximum absolute atomic E-state index is 8.83. The summed E-state index contributed by atoms with van der Waals surface area (Å²) in [5.41, 5.74) is 0.780. The first-order valence-electron chi connectivity index (χ1n) is 3.72. The quantitative estimate of drug-likeness (QED) is 0.810. The molecule has 1 aromatic heterocycles. The topological polar surface area (TPSA) is 46.3 Å². The molecule has 0 radical (unpaired) electrons. The lowest BCUT2D eigenvalue weighted by Gasteiger charge is -2.14. The number of hydrogen-bond acceptors (Lipinski definition) is 3. The van der Waals surface area contributed by atoms with E-state index in [4.69, 9.17) is 9.63 Å². The van der Waals surface area contributed by atoms with Gasteiger partial charge in [-0.2, -0.15) is 0 Å². The van der Waals surface area contributed by atoms with Crippen LogP contribution in [0, 0.1) is 0 Å². The summed E-state index contributed by atoms with van der Waals surface area (Å²) in [7, 11) is 0. The van der Waals surface area contributed by atoms with E-state index in [1.165, 1.54) is 0 Å². The number of aliphatic hydroxyl groups excluding tert-OH is 1. The fraction of sp³-hybridized carbons (Fsp3) is 0.625. The molecule has 1 N–H and O–H groups in total. The van der Waals surface area contributed by atoms with Crippen molar-refractivity contribution in [3.63, 3.8) is 0 Å². The molecule has 4 heteroatoms. The van der Waals surface area contributed by atoms with Crippen LogP contribution in [0.5, 0.6) is 0 Å². The first-order valence-corrected chi connectivity index (χ1v) is 4.51. The smallest absolute Gasteiger partial charge is 0.176 e. The van der Waals surface area contributed by atoms with Crippen LogP contribution in [0.4, 0.5) is 0 Å². The third-order valence-electron chi connectivity index (χ3n) is 1.55. The van der Waals surface area contributed by atoms with Gasteiger partial charge in [-0.25, -0.2) is 0 Å². The molecule has 1 rings (SSSR count). The Hall–Kier alpha value is -0.350. The van der Waals surface area contributed by atoms with Crippen LogP contribution in [0.25, 0.3) is 0 Å². The van der Waals surface area contributed by atoms with Gasteiger partial charge in [-0.15, -0.1) is 0 Å². The summed E-state index contributed by atoms with van der Waals surface area (Å²) in [5.74, 6) is 0.486. The molecule has 0 unspecified atom stereocenters. The van der Waals surface area contributed by atoms with E-state index in [-0.39, 0.29) is 12.0 Å². The molecule has 0 aromatic carbocycles. The van der Waals surface area contributed by atoms with E-state index in [2.05, 4.69) is 21.1 Å². The molecule has 0 aliphatic carbocycles. The Morgan fingerprint density at radius 1 is 1.50 bits per heavy atom. The van der Waals surface area contributed by atoms with E-state index in [1.807, 2.05) is 20.8 Å². The van der Waals surface area contributed by atoms with Gasteiger partial charge in [0.05, 0.1) is 4.47 Å². The highest BCUT2D eigenvalue weighted by molar-refractivity contribution is 9.10. The van der Waals surface area contributed by atoms with Crippen molar-refractivity contribution >= 4 is 15.9 Å². The van der Waals surface area contributed by atoms with Crippen molar-refractivity contribution in [2.24, 2.45) is 0 Å². The highest BCUT2D eigenvalue weighted by atomic mass is 79.9. The van der Waals surface area contributed by atoms with Crippen molar-refractivity contribution in [1.82, 2.24) is 5.16 Å². The molecule has 0 amide bonds. The second kappa shape index (κ2) is 3.18. The largest absolute Gasteiger partial charge is 0.388 e. The van der Waals surface area contributed by atoms with Gasteiger partial charge in [0.15, 0.2) is 5.76 Å². The van der Waals surface area contributed by atoms with Crippen molar-refractivity contribution in [2.45, 2.75) is 32.8 Å².